The van der Waals surface area contributed by atoms with Crippen LogP contribution in [0, 0.1) is 0 Å². The van der Waals surface area contributed by atoms with Gasteiger partial charge < -0.3 is 18.9 Å². The molecular weight excluding hydrogens is 316 g/mol. The van der Waals surface area contributed by atoms with E-state index in [4.69, 9.17) is 18.9 Å². The van der Waals surface area contributed by atoms with Crippen LogP contribution in [0.3, 0.4) is 0 Å². The van der Waals surface area contributed by atoms with Crippen molar-refractivity contribution in [1.29, 1.82) is 0 Å². The first-order chi connectivity index (χ1) is 11.5. The Bertz CT molecular complexity index is 640. The van der Waals surface area contributed by atoms with Gasteiger partial charge in [-0.25, -0.2) is 0 Å². The molecule has 3 rings (SSSR count). The van der Waals surface area contributed by atoms with E-state index in [2.05, 4.69) is 0 Å². The smallest absolute Gasteiger partial charge is 0.310 e. The van der Waals surface area contributed by atoms with Gasteiger partial charge in [-0.05, 0) is 5.56 Å². The Morgan fingerprint density at radius 2 is 1.71 bits per heavy atom. The summed E-state index contributed by atoms with van der Waals surface area (Å²) in [6.45, 7) is 2.55. The Morgan fingerprint density at radius 1 is 1.04 bits per heavy atom. The second-order valence-corrected chi connectivity index (χ2v) is 5.81. The highest BCUT2D eigenvalue weighted by Crippen LogP contribution is 2.41. The van der Waals surface area contributed by atoms with Gasteiger partial charge in [0.15, 0.2) is 12.2 Å². The fourth-order valence-corrected chi connectivity index (χ4v) is 3.15. The predicted molar refractivity (Wildman–Crippen MR) is 79.7 cm³/mol. The summed E-state index contributed by atoms with van der Waals surface area (Å²) in [5.74, 6) is -1.53. The molecule has 0 spiro atoms. The average molecular weight is 334 g/mol. The Labute approximate surface area is 138 Å². The molecule has 2 aliphatic heterocycles. The van der Waals surface area contributed by atoms with Gasteiger partial charge >= 0.3 is 17.9 Å². The van der Waals surface area contributed by atoms with Crippen LogP contribution in [0.5, 0.6) is 0 Å². The molecule has 128 valence electrons. The van der Waals surface area contributed by atoms with E-state index in [1.807, 2.05) is 30.3 Å². The van der Waals surface area contributed by atoms with Crippen LogP contribution < -0.4 is 0 Å². The molecule has 0 amide bonds. The summed E-state index contributed by atoms with van der Waals surface area (Å²) in [5, 5.41) is 0. The Kier molecular flexibility index (Phi) is 4.53. The normalized spacial score (nSPS) is 31.8. The third kappa shape index (κ3) is 3.26. The average Bonchev–Trinajstić information content (AvgIpc) is 2.86. The molecule has 5 atom stereocenters. The molecule has 0 saturated carbocycles. The Morgan fingerprint density at radius 3 is 2.33 bits per heavy atom. The Hall–Kier alpha value is -2.41. The third-order valence-corrected chi connectivity index (χ3v) is 4.00. The number of hydrogen-bond acceptors (Lipinski definition) is 7. The van der Waals surface area contributed by atoms with E-state index < -0.39 is 48.4 Å². The van der Waals surface area contributed by atoms with Crippen LogP contribution >= 0.6 is 0 Å². The van der Waals surface area contributed by atoms with Crippen molar-refractivity contribution in [1.82, 2.24) is 0 Å². The van der Waals surface area contributed by atoms with Crippen molar-refractivity contribution in [3.05, 3.63) is 35.9 Å². The van der Waals surface area contributed by atoms with Crippen molar-refractivity contribution in [2.75, 3.05) is 0 Å². The second kappa shape index (κ2) is 6.60. The number of carbonyl (C=O) groups excluding carboxylic acids is 3. The van der Waals surface area contributed by atoms with Gasteiger partial charge in [0.2, 0.25) is 0 Å². The molecular formula is C17H18O7. The fourth-order valence-electron chi connectivity index (χ4n) is 3.15. The minimum Gasteiger partial charge on any atom is -0.459 e. The summed E-state index contributed by atoms with van der Waals surface area (Å²) < 4.78 is 21.9. The van der Waals surface area contributed by atoms with Crippen LogP contribution in [0.1, 0.15) is 31.9 Å². The molecule has 24 heavy (non-hydrogen) atoms. The predicted octanol–water partition coefficient (Wildman–Crippen LogP) is 1.31. The topological polar surface area (TPSA) is 88.1 Å². The van der Waals surface area contributed by atoms with Crippen LogP contribution in [-0.2, 0) is 33.3 Å². The second-order valence-electron chi connectivity index (χ2n) is 5.81. The van der Waals surface area contributed by atoms with Crippen LogP contribution in [-0.4, -0.2) is 42.3 Å². The van der Waals surface area contributed by atoms with E-state index in [0.29, 0.717) is 0 Å². The molecule has 2 aliphatic rings. The number of fused-ring (bicyclic) bond motifs is 1. The summed E-state index contributed by atoms with van der Waals surface area (Å²) in [7, 11) is 0. The van der Waals surface area contributed by atoms with Gasteiger partial charge in [-0.2, -0.15) is 0 Å². The molecule has 1 aromatic rings. The molecule has 2 fully saturated rings. The first-order valence-corrected chi connectivity index (χ1v) is 7.70. The Balaban J connectivity index is 1.92. The van der Waals surface area contributed by atoms with Gasteiger partial charge in [0.1, 0.15) is 18.3 Å². The summed E-state index contributed by atoms with van der Waals surface area (Å²) >= 11 is 0. The first-order valence-electron chi connectivity index (χ1n) is 7.70. The van der Waals surface area contributed by atoms with Crippen molar-refractivity contribution >= 4 is 17.9 Å². The summed E-state index contributed by atoms with van der Waals surface area (Å²) in [5.41, 5.74) is 0.788. The number of ether oxygens (including phenoxy) is 4. The SMILES string of the molecule is CC(=O)O[C@H]1[C@@H]2OC(=O)C[C@H](OC(C)=O)[C@@H]2O[C@@H]1c1ccccc1. The molecule has 0 aromatic heterocycles. The molecule has 0 unspecified atom stereocenters. The lowest BCUT2D eigenvalue weighted by Crippen LogP contribution is -2.50. The van der Waals surface area contributed by atoms with Crippen molar-refractivity contribution in [2.24, 2.45) is 0 Å². The zero-order chi connectivity index (χ0) is 17.3. The molecule has 2 heterocycles. The van der Waals surface area contributed by atoms with Gasteiger partial charge in [0, 0.05) is 13.8 Å². The molecule has 7 nitrogen and oxygen atoms in total. The van der Waals surface area contributed by atoms with Gasteiger partial charge in [0.05, 0.1) is 6.42 Å². The van der Waals surface area contributed by atoms with Crippen molar-refractivity contribution < 1.29 is 33.3 Å². The van der Waals surface area contributed by atoms with Gasteiger partial charge in [0.25, 0.3) is 0 Å². The lowest BCUT2D eigenvalue weighted by atomic mass is 9.96. The maximum absolute atomic E-state index is 11.9. The highest BCUT2D eigenvalue weighted by Gasteiger charge is 2.56. The zero-order valence-corrected chi connectivity index (χ0v) is 13.3. The maximum Gasteiger partial charge on any atom is 0.310 e. The lowest BCUT2D eigenvalue weighted by molar-refractivity contribution is -0.188. The summed E-state index contributed by atoms with van der Waals surface area (Å²) in [6, 6.07) is 9.19. The van der Waals surface area contributed by atoms with E-state index in [1.165, 1.54) is 13.8 Å². The standard InChI is InChI=1S/C17H18O7/c1-9(18)21-12-8-13(20)23-17-15(12)24-14(16(17)22-10(2)19)11-6-4-3-5-7-11/h3-7,12,14-17H,8H2,1-2H3/t12-,14+,15-,16+,17+/m0/s1. The number of esters is 3. The largest absolute Gasteiger partial charge is 0.459 e. The van der Waals surface area contributed by atoms with E-state index in [1.54, 1.807) is 0 Å². The highest BCUT2D eigenvalue weighted by molar-refractivity contribution is 5.73. The van der Waals surface area contributed by atoms with E-state index in [-0.39, 0.29) is 6.42 Å². The minimum atomic E-state index is -0.815. The molecule has 0 N–H and O–H groups in total. The fraction of sp³-hybridized carbons (Fsp3) is 0.471. The number of carbonyl (C=O) groups is 3. The minimum absolute atomic E-state index is 0.0882. The zero-order valence-electron chi connectivity index (χ0n) is 13.3. The lowest BCUT2D eigenvalue weighted by Gasteiger charge is -2.32. The van der Waals surface area contributed by atoms with Gasteiger partial charge in [-0.15, -0.1) is 0 Å². The molecule has 2 saturated heterocycles. The quantitative estimate of drug-likeness (QED) is 0.608. The molecule has 0 radical (unpaired) electrons. The third-order valence-electron chi connectivity index (χ3n) is 4.00. The monoisotopic (exact) mass is 334 g/mol. The molecule has 1 aromatic carbocycles. The van der Waals surface area contributed by atoms with Crippen LogP contribution in [0.4, 0.5) is 0 Å². The summed E-state index contributed by atoms with van der Waals surface area (Å²) in [6.07, 6.45) is -3.74. The van der Waals surface area contributed by atoms with Crippen molar-refractivity contribution in [3.63, 3.8) is 0 Å². The molecule has 0 bridgehead atoms. The van der Waals surface area contributed by atoms with Gasteiger partial charge in [-0.3, -0.25) is 14.4 Å². The van der Waals surface area contributed by atoms with Crippen LogP contribution in [0.25, 0.3) is 0 Å². The molecule has 0 aliphatic carbocycles. The van der Waals surface area contributed by atoms with E-state index in [0.717, 1.165) is 5.56 Å². The highest BCUT2D eigenvalue weighted by atomic mass is 16.7. The number of hydrogen-bond donors (Lipinski definition) is 0. The van der Waals surface area contributed by atoms with E-state index in [9.17, 15) is 14.4 Å². The van der Waals surface area contributed by atoms with Gasteiger partial charge in [-0.1, -0.05) is 30.3 Å². The number of rotatable bonds is 3. The first kappa shape index (κ1) is 16.4. The number of benzene rings is 1. The maximum atomic E-state index is 11.9. The summed E-state index contributed by atoms with van der Waals surface area (Å²) in [4.78, 5) is 34.7. The van der Waals surface area contributed by atoms with Crippen molar-refractivity contribution in [3.8, 4) is 0 Å². The van der Waals surface area contributed by atoms with Crippen LogP contribution in [0.15, 0.2) is 30.3 Å². The van der Waals surface area contributed by atoms with Crippen LogP contribution in [0.2, 0.25) is 0 Å². The van der Waals surface area contributed by atoms with E-state index >= 15 is 0 Å². The van der Waals surface area contributed by atoms with Crippen molar-refractivity contribution in [2.45, 2.75) is 50.8 Å². The molecule has 7 heteroatoms.